The first-order chi connectivity index (χ1) is 11.2. The van der Waals surface area contributed by atoms with Crippen LogP contribution in [0.2, 0.25) is 5.02 Å². The minimum atomic E-state index is 0.680. The lowest BCUT2D eigenvalue weighted by Crippen LogP contribution is -2.26. The lowest BCUT2D eigenvalue weighted by Gasteiger charge is -2.22. The number of aromatic nitrogens is 4. The van der Waals surface area contributed by atoms with Crippen LogP contribution >= 0.6 is 11.6 Å². The fourth-order valence-electron chi connectivity index (χ4n) is 2.74. The number of benzene rings is 1. The number of anilines is 1. The van der Waals surface area contributed by atoms with E-state index >= 15 is 0 Å². The van der Waals surface area contributed by atoms with Crippen LogP contribution in [0.1, 0.15) is 26.7 Å². The van der Waals surface area contributed by atoms with Gasteiger partial charge in [-0.25, -0.2) is 14.6 Å². The number of hydrogen-bond donors (Lipinski definition) is 0. The highest BCUT2D eigenvalue weighted by atomic mass is 35.5. The Morgan fingerprint density at radius 3 is 2.61 bits per heavy atom. The standard InChI is InChI=1S/C17H20ClN5/c1-3-8-22(9-4-2)16-15-11-21-23(17(15)20-12-19-16)14-7-5-6-13(18)10-14/h5-7,10-12H,3-4,8-9H2,1-2H3. The summed E-state index contributed by atoms with van der Waals surface area (Å²) in [5.74, 6) is 0.951. The van der Waals surface area contributed by atoms with E-state index in [1.54, 1.807) is 6.33 Å². The van der Waals surface area contributed by atoms with E-state index in [1.807, 2.05) is 35.1 Å². The Labute approximate surface area is 140 Å². The molecule has 6 heteroatoms. The lowest BCUT2D eigenvalue weighted by molar-refractivity contribution is 0.736. The van der Waals surface area contributed by atoms with Gasteiger partial charge < -0.3 is 4.90 Å². The zero-order valence-corrected chi connectivity index (χ0v) is 14.2. The molecule has 0 spiro atoms. The van der Waals surface area contributed by atoms with Crippen LogP contribution in [0.5, 0.6) is 0 Å². The lowest BCUT2D eigenvalue weighted by atomic mass is 10.3. The van der Waals surface area contributed by atoms with Crippen LogP contribution in [0.3, 0.4) is 0 Å². The Morgan fingerprint density at radius 1 is 1.13 bits per heavy atom. The monoisotopic (exact) mass is 329 g/mol. The van der Waals surface area contributed by atoms with Crippen molar-refractivity contribution in [2.24, 2.45) is 0 Å². The molecule has 0 aliphatic heterocycles. The van der Waals surface area contributed by atoms with E-state index in [9.17, 15) is 0 Å². The van der Waals surface area contributed by atoms with Crippen LogP contribution < -0.4 is 4.90 Å². The zero-order chi connectivity index (χ0) is 16.2. The quantitative estimate of drug-likeness (QED) is 0.683. The maximum atomic E-state index is 6.10. The number of nitrogens with zero attached hydrogens (tertiary/aromatic N) is 5. The average Bonchev–Trinajstić information content (AvgIpc) is 2.99. The summed E-state index contributed by atoms with van der Waals surface area (Å²) in [7, 11) is 0. The average molecular weight is 330 g/mol. The van der Waals surface area contributed by atoms with Gasteiger partial charge in [0, 0.05) is 18.1 Å². The highest BCUT2D eigenvalue weighted by molar-refractivity contribution is 6.30. The Bertz CT molecular complexity index is 793. The van der Waals surface area contributed by atoms with Crippen LogP contribution in [0, 0.1) is 0 Å². The smallest absolute Gasteiger partial charge is 0.168 e. The molecule has 0 amide bonds. The molecular formula is C17H20ClN5. The molecule has 0 bridgehead atoms. The van der Waals surface area contributed by atoms with Gasteiger partial charge in [0.15, 0.2) is 5.65 Å². The van der Waals surface area contributed by atoms with Crippen molar-refractivity contribution >= 4 is 28.5 Å². The summed E-state index contributed by atoms with van der Waals surface area (Å²) in [4.78, 5) is 11.2. The summed E-state index contributed by atoms with van der Waals surface area (Å²) in [5, 5.41) is 6.15. The van der Waals surface area contributed by atoms with Gasteiger partial charge in [-0.05, 0) is 31.0 Å². The molecule has 2 heterocycles. The predicted octanol–water partition coefficient (Wildman–Crippen LogP) is 4.10. The van der Waals surface area contributed by atoms with E-state index < -0.39 is 0 Å². The molecule has 3 aromatic rings. The topological polar surface area (TPSA) is 46.8 Å². The molecule has 3 rings (SSSR count). The van der Waals surface area contributed by atoms with Crippen LogP contribution in [0.25, 0.3) is 16.7 Å². The van der Waals surface area contributed by atoms with E-state index in [-0.39, 0.29) is 0 Å². The maximum Gasteiger partial charge on any atom is 0.168 e. The zero-order valence-electron chi connectivity index (χ0n) is 13.4. The SMILES string of the molecule is CCCN(CCC)c1ncnc2c1cnn2-c1cccc(Cl)c1. The van der Waals surface area contributed by atoms with E-state index in [0.717, 1.165) is 48.5 Å². The van der Waals surface area contributed by atoms with Crippen LogP contribution in [-0.2, 0) is 0 Å². The van der Waals surface area contributed by atoms with Gasteiger partial charge in [0.1, 0.15) is 12.1 Å². The molecule has 0 aliphatic carbocycles. The molecule has 0 radical (unpaired) electrons. The number of hydrogen-bond acceptors (Lipinski definition) is 4. The summed E-state index contributed by atoms with van der Waals surface area (Å²) in [6.45, 7) is 6.30. The molecule has 0 aliphatic rings. The summed E-state index contributed by atoms with van der Waals surface area (Å²) in [6, 6.07) is 7.61. The van der Waals surface area contributed by atoms with Gasteiger partial charge in [0.2, 0.25) is 0 Å². The molecule has 0 atom stereocenters. The number of halogens is 1. The summed E-state index contributed by atoms with van der Waals surface area (Å²) in [6.07, 6.45) is 5.60. The second-order valence-corrected chi connectivity index (χ2v) is 5.89. The molecule has 5 nitrogen and oxygen atoms in total. The maximum absolute atomic E-state index is 6.10. The Hall–Kier alpha value is -2.14. The van der Waals surface area contributed by atoms with Crippen LogP contribution in [0.4, 0.5) is 5.82 Å². The van der Waals surface area contributed by atoms with E-state index in [2.05, 4.69) is 33.8 Å². The van der Waals surface area contributed by atoms with Gasteiger partial charge >= 0.3 is 0 Å². The molecule has 2 aromatic heterocycles. The van der Waals surface area contributed by atoms with Gasteiger partial charge in [-0.15, -0.1) is 0 Å². The third-order valence-electron chi connectivity index (χ3n) is 3.68. The molecule has 0 saturated heterocycles. The van der Waals surface area contributed by atoms with Crippen molar-refractivity contribution in [3.63, 3.8) is 0 Å². The van der Waals surface area contributed by atoms with E-state index in [1.165, 1.54) is 0 Å². The number of rotatable bonds is 6. The Balaban J connectivity index is 2.10. The van der Waals surface area contributed by atoms with Crippen molar-refractivity contribution in [2.75, 3.05) is 18.0 Å². The van der Waals surface area contributed by atoms with Gasteiger partial charge in [0.25, 0.3) is 0 Å². The third-order valence-corrected chi connectivity index (χ3v) is 3.92. The fourth-order valence-corrected chi connectivity index (χ4v) is 2.93. The van der Waals surface area contributed by atoms with Crippen LogP contribution in [-0.4, -0.2) is 32.8 Å². The predicted molar refractivity (Wildman–Crippen MR) is 94.5 cm³/mol. The molecule has 0 unspecified atom stereocenters. The highest BCUT2D eigenvalue weighted by Crippen LogP contribution is 2.25. The second kappa shape index (κ2) is 6.96. The van der Waals surface area contributed by atoms with Gasteiger partial charge in [0.05, 0.1) is 17.3 Å². The summed E-state index contributed by atoms with van der Waals surface area (Å²) >= 11 is 6.10. The van der Waals surface area contributed by atoms with Crippen molar-refractivity contribution in [3.8, 4) is 5.69 Å². The minimum Gasteiger partial charge on any atom is -0.356 e. The fraction of sp³-hybridized carbons (Fsp3) is 0.353. The van der Waals surface area contributed by atoms with Gasteiger partial charge in [-0.3, -0.25) is 0 Å². The molecule has 0 saturated carbocycles. The summed E-state index contributed by atoms with van der Waals surface area (Å²) < 4.78 is 1.81. The second-order valence-electron chi connectivity index (χ2n) is 5.46. The molecule has 0 fully saturated rings. The summed E-state index contributed by atoms with van der Waals surface area (Å²) in [5.41, 5.74) is 1.70. The number of fused-ring (bicyclic) bond motifs is 1. The third kappa shape index (κ3) is 3.15. The van der Waals surface area contributed by atoms with E-state index in [4.69, 9.17) is 11.6 Å². The Morgan fingerprint density at radius 2 is 1.91 bits per heavy atom. The molecule has 0 N–H and O–H groups in total. The first-order valence-electron chi connectivity index (χ1n) is 7.94. The Kier molecular flexibility index (Phi) is 4.76. The van der Waals surface area contributed by atoms with Crippen LogP contribution in [0.15, 0.2) is 36.8 Å². The van der Waals surface area contributed by atoms with Crippen molar-refractivity contribution in [3.05, 3.63) is 41.8 Å². The van der Waals surface area contributed by atoms with E-state index in [0.29, 0.717) is 5.02 Å². The normalized spacial score (nSPS) is 11.1. The van der Waals surface area contributed by atoms with Gasteiger partial charge in [-0.2, -0.15) is 5.10 Å². The highest BCUT2D eigenvalue weighted by Gasteiger charge is 2.15. The van der Waals surface area contributed by atoms with Crippen molar-refractivity contribution in [1.82, 2.24) is 19.7 Å². The molecule has 1 aromatic carbocycles. The van der Waals surface area contributed by atoms with Crippen molar-refractivity contribution in [2.45, 2.75) is 26.7 Å². The minimum absolute atomic E-state index is 0.680. The first-order valence-corrected chi connectivity index (χ1v) is 8.32. The largest absolute Gasteiger partial charge is 0.356 e. The van der Waals surface area contributed by atoms with Crippen molar-refractivity contribution in [1.29, 1.82) is 0 Å². The van der Waals surface area contributed by atoms with Crippen molar-refractivity contribution < 1.29 is 0 Å². The van der Waals surface area contributed by atoms with Gasteiger partial charge in [-0.1, -0.05) is 31.5 Å². The first kappa shape index (κ1) is 15.7. The molecule has 23 heavy (non-hydrogen) atoms. The molecule has 120 valence electrons. The molecular weight excluding hydrogens is 310 g/mol.